The first kappa shape index (κ1) is 20.7. The van der Waals surface area contributed by atoms with Crippen molar-refractivity contribution in [2.75, 3.05) is 0 Å². The summed E-state index contributed by atoms with van der Waals surface area (Å²) in [6, 6.07) is 15.2. The molecule has 5 heteroatoms. The van der Waals surface area contributed by atoms with Crippen LogP contribution in [0.1, 0.15) is 39.5 Å². The molecule has 0 aliphatic carbocycles. The number of unbranched alkanes of at least 4 members (excludes halogenated alkanes) is 2. The minimum atomic E-state index is -3.34. The maximum absolute atomic E-state index is 6.59. The molecular formula is C20H26Cl2O2Sn. The van der Waals surface area contributed by atoms with Crippen molar-refractivity contribution in [1.29, 1.82) is 0 Å². The molecule has 2 rings (SSSR count). The second-order valence-electron chi connectivity index (χ2n) is 6.23. The molecule has 0 amide bonds. The molecule has 0 heterocycles. The van der Waals surface area contributed by atoms with E-state index >= 15 is 0 Å². The summed E-state index contributed by atoms with van der Waals surface area (Å²) >= 11 is 8.69. The van der Waals surface area contributed by atoms with Crippen LogP contribution in [0.15, 0.2) is 48.5 Å². The van der Waals surface area contributed by atoms with E-state index in [0.717, 1.165) is 46.1 Å². The normalized spacial score (nSPS) is 11.4. The summed E-state index contributed by atoms with van der Waals surface area (Å²) in [5.41, 5.74) is 0. The molecule has 2 nitrogen and oxygen atoms in total. The molecule has 0 N–H and O–H groups in total. The number of hydrogen-bond donors (Lipinski definition) is 0. The van der Waals surface area contributed by atoms with Crippen LogP contribution in [-0.4, -0.2) is 19.2 Å². The first-order valence-electron chi connectivity index (χ1n) is 8.96. The average molecular weight is 488 g/mol. The first-order chi connectivity index (χ1) is 12.1. The van der Waals surface area contributed by atoms with Gasteiger partial charge in [0.15, 0.2) is 0 Å². The summed E-state index contributed by atoms with van der Waals surface area (Å²) < 4.78 is 15.3. The fraction of sp³-hybridized carbons (Fsp3) is 0.400. The average Bonchev–Trinajstić information content (AvgIpc) is 2.62. The van der Waals surface area contributed by atoms with Gasteiger partial charge in [0.2, 0.25) is 0 Å². The summed E-state index contributed by atoms with van der Waals surface area (Å²) in [6.07, 6.45) is 4.53. The topological polar surface area (TPSA) is 18.5 Å². The Morgan fingerprint density at radius 2 is 1.04 bits per heavy atom. The van der Waals surface area contributed by atoms with Crippen LogP contribution in [0, 0.1) is 0 Å². The minimum absolute atomic E-state index is 0.717. The molecule has 0 saturated heterocycles. The van der Waals surface area contributed by atoms with Crippen LogP contribution in [-0.2, 0) is 0 Å². The summed E-state index contributed by atoms with van der Waals surface area (Å²) in [5, 5.41) is 1.43. The van der Waals surface area contributed by atoms with Gasteiger partial charge in [-0.3, -0.25) is 0 Å². The van der Waals surface area contributed by atoms with Gasteiger partial charge in [-0.2, -0.15) is 0 Å². The predicted octanol–water partition coefficient (Wildman–Crippen LogP) is 7.49. The SMILES string of the molecule is CCC[CH2][Sn]([CH2]CCC)([O]c1ccc(Cl)cc1)[O]c1ccc(Cl)cc1. The van der Waals surface area contributed by atoms with Crippen molar-refractivity contribution >= 4 is 42.4 Å². The van der Waals surface area contributed by atoms with E-state index in [2.05, 4.69) is 13.8 Å². The van der Waals surface area contributed by atoms with E-state index in [1.165, 1.54) is 0 Å². The first-order valence-corrected chi connectivity index (χ1v) is 16.1. The van der Waals surface area contributed by atoms with Crippen LogP contribution in [0.4, 0.5) is 0 Å². The van der Waals surface area contributed by atoms with Gasteiger partial charge in [-0.15, -0.1) is 0 Å². The molecular weight excluding hydrogens is 462 g/mol. The van der Waals surface area contributed by atoms with Gasteiger partial charge in [0.05, 0.1) is 0 Å². The van der Waals surface area contributed by atoms with Gasteiger partial charge in [0, 0.05) is 0 Å². The zero-order valence-corrected chi connectivity index (χ0v) is 19.3. The fourth-order valence-electron chi connectivity index (χ4n) is 2.68. The molecule has 0 fully saturated rings. The van der Waals surface area contributed by atoms with E-state index in [-0.39, 0.29) is 0 Å². The quantitative estimate of drug-likeness (QED) is 0.323. The molecule has 0 spiro atoms. The Labute approximate surface area is 166 Å². The predicted molar refractivity (Wildman–Crippen MR) is 109 cm³/mol. The van der Waals surface area contributed by atoms with Gasteiger partial charge >= 0.3 is 167 Å². The Hall–Kier alpha value is -0.581. The van der Waals surface area contributed by atoms with E-state index in [1.807, 2.05) is 48.5 Å². The molecule has 0 aliphatic rings. The molecule has 0 unspecified atom stereocenters. The Balaban J connectivity index is 2.27. The molecule has 0 aliphatic heterocycles. The third-order valence-electron chi connectivity index (χ3n) is 4.06. The maximum atomic E-state index is 6.59. The second kappa shape index (κ2) is 10.5. The standard InChI is InChI=1S/2C6H5ClO.2C4H9.Sn/c2*7-5-1-3-6(8)4-2-5;2*1-3-4-2;/h2*1-4,8H;2*1,3-4H2,2H3;/q;;;;+2/p-2. The third-order valence-corrected chi connectivity index (χ3v) is 14.4. The molecule has 2 aromatic carbocycles. The van der Waals surface area contributed by atoms with Crippen molar-refractivity contribution < 1.29 is 6.15 Å². The van der Waals surface area contributed by atoms with Crippen LogP contribution in [0.5, 0.6) is 11.5 Å². The van der Waals surface area contributed by atoms with Crippen molar-refractivity contribution in [3.8, 4) is 11.5 Å². The third kappa shape index (κ3) is 6.91. The van der Waals surface area contributed by atoms with Gasteiger partial charge in [0.1, 0.15) is 0 Å². The van der Waals surface area contributed by atoms with Gasteiger partial charge < -0.3 is 0 Å². The van der Waals surface area contributed by atoms with Gasteiger partial charge in [-0.25, -0.2) is 0 Å². The molecule has 0 bridgehead atoms. The van der Waals surface area contributed by atoms with Crippen LogP contribution < -0.4 is 6.15 Å². The van der Waals surface area contributed by atoms with E-state index in [4.69, 9.17) is 29.4 Å². The van der Waals surface area contributed by atoms with E-state index in [1.54, 1.807) is 0 Å². The number of hydrogen-bond acceptors (Lipinski definition) is 2. The second-order valence-corrected chi connectivity index (χ2v) is 16.3. The van der Waals surface area contributed by atoms with Crippen molar-refractivity contribution in [3.05, 3.63) is 58.6 Å². The van der Waals surface area contributed by atoms with Crippen molar-refractivity contribution in [3.63, 3.8) is 0 Å². The Morgan fingerprint density at radius 3 is 1.36 bits per heavy atom. The molecule has 2 aromatic rings. The Kier molecular flexibility index (Phi) is 8.74. The number of rotatable bonds is 10. The Morgan fingerprint density at radius 1 is 0.680 bits per heavy atom. The fourth-order valence-corrected chi connectivity index (χ4v) is 13.2. The Bertz CT molecular complexity index is 572. The van der Waals surface area contributed by atoms with Crippen LogP contribution in [0.25, 0.3) is 0 Å². The molecule has 0 aromatic heterocycles. The van der Waals surface area contributed by atoms with Gasteiger partial charge in [-0.1, -0.05) is 0 Å². The summed E-state index contributed by atoms with van der Waals surface area (Å²) in [5.74, 6) is 1.72. The summed E-state index contributed by atoms with van der Waals surface area (Å²) in [6.45, 7) is 4.42. The van der Waals surface area contributed by atoms with Crippen LogP contribution >= 0.6 is 23.2 Å². The zero-order chi connectivity index (χ0) is 18.1. The van der Waals surface area contributed by atoms with Crippen LogP contribution in [0.3, 0.4) is 0 Å². The molecule has 0 radical (unpaired) electrons. The van der Waals surface area contributed by atoms with Crippen molar-refractivity contribution in [2.45, 2.75) is 48.4 Å². The van der Waals surface area contributed by atoms with Crippen molar-refractivity contribution in [1.82, 2.24) is 0 Å². The van der Waals surface area contributed by atoms with E-state index in [0.29, 0.717) is 10.0 Å². The summed E-state index contributed by atoms with van der Waals surface area (Å²) in [4.78, 5) is 0. The monoisotopic (exact) mass is 488 g/mol. The summed E-state index contributed by atoms with van der Waals surface area (Å²) in [7, 11) is 0. The van der Waals surface area contributed by atoms with Gasteiger partial charge in [0.25, 0.3) is 0 Å². The van der Waals surface area contributed by atoms with Crippen molar-refractivity contribution in [2.24, 2.45) is 0 Å². The van der Waals surface area contributed by atoms with Crippen LogP contribution in [0.2, 0.25) is 18.9 Å². The van der Waals surface area contributed by atoms with E-state index < -0.39 is 19.2 Å². The molecule has 136 valence electrons. The van der Waals surface area contributed by atoms with E-state index in [9.17, 15) is 0 Å². The molecule has 25 heavy (non-hydrogen) atoms. The zero-order valence-electron chi connectivity index (χ0n) is 14.9. The number of benzene rings is 2. The molecule has 0 atom stereocenters. The molecule has 0 saturated carbocycles. The number of halogens is 2. The van der Waals surface area contributed by atoms with Gasteiger partial charge in [-0.05, 0) is 0 Å².